The molecule has 6 nitrogen and oxygen atoms in total. The SMILES string of the molecule is Cc1ccc(CNC(=O)CN2CCC(C(=O)N3CC(C)OC(C)C3)CC2)cc1F. The summed E-state index contributed by atoms with van der Waals surface area (Å²) < 4.78 is 19.3. The molecule has 0 aromatic heterocycles. The zero-order valence-electron chi connectivity index (χ0n) is 17.6. The van der Waals surface area contributed by atoms with Crippen LogP contribution in [-0.2, 0) is 20.9 Å². The quantitative estimate of drug-likeness (QED) is 0.815. The zero-order chi connectivity index (χ0) is 21.0. The summed E-state index contributed by atoms with van der Waals surface area (Å²) in [7, 11) is 0. The van der Waals surface area contributed by atoms with Gasteiger partial charge in [-0.25, -0.2) is 4.39 Å². The average Bonchev–Trinajstić information content (AvgIpc) is 2.68. The van der Waals surface area contributed by atoms with Gasteiger partial charge in [0.05, 0.1) is 18.8 Å². The van der Waals surface area contributed by atoms with Gasteiger partial charge in [-0.3, -0.25) is 14.5 Å². The molecule has 0 bridgehead atoms. The highest BCUT2D eigenvalue weighted by atomic mass is 19.1. The van der Waals surface area contributed by atoms with Crippen molar-refractivity contribution >= 4 is 11.8 Å². The summed E-state index contributed by atoms with van der Waals surface area (Å²) in [5, 5.41) is 2.85. The van der Waals surface area contributed by atoms with Crippen LogP contribution in [0.3, 0.4) is 0 Å². The number of nitrogens with one attached hydrogen (secondary N) is 1. The molecule has 1 N–H and O–H groups in total. The molecule has 2 aliphatic heterocycles. The molecule has 29 heavy (non-hydrogen) atoms. The number of carbonyl (C=O) groups excluding carboxylic acids is 2. The van der Waals surface area contributed by atoms with Crippen molar-refractivity contribution in [2.45, 2.75) is 52.4 Å². The Bertz CT molecular complexity index is 724. The Labute approximate surface area is 172 Å². The molecule has 0 saturated carbocycles. The fourth-order valence-corrected chi connectivity index (χ4v) is 4.16. The first-order valence-corrected chi connectivity index (χ1v) is 10.5. The smallest absolute Gasteiger partial charge is 0.234 e. The van der Waals surface area contributed by atoms with Gasteiger partial charge in [-0.2, -0.15) is 0 Å². The van der Waals surface area contributed by atoms with Crippen molar-refractivity contribution < 1.29 is 18.7 Å². The van der Waals surface area contributed by atoms with E-state index in [0.29, 0.717) is 31.7 Å². The van der Waals surface area contributed by atoms with Gasteiger partial charge in [0.2, 0.25) is 11.8 Å². The Kier molecular flexibility index (Phi) is 7.24. The number of ether oxygens (including phenoxy) is 1. The Morgan fingerprint density at radius 1 is 1.17 bits per heavy atom. The number of carbonyl (C=O) groups is 2. The normalized spacial score (nSPS) is 23.8. The fourth-order valence-electron chi connectivity index (χ4n) is 4.16. The van der Waals surface area contributed by atoms with E-state index in [1.54, 1.807) is 13.0 Å². The summed E-state index contributed by atoms with van der Waals surface area (Å²) in [4.78, 5) is 29.1. The van der Waals surface area contributed by atoms with Gasteiger partial charge in [0, 0.05) is 25.6 Å². The summed E-state index contributed by atoms with van der Waals surface area (Å²) in [5.74, 6) is -0.0843. The van der Waals surface area contributed by atoms with Crippen molar-refractivity contribution in [1.29, 1.82) is 0 Å². The largest absolute Gasteiger partial charge is 0.372 e. The van der Waals surface area contributed by atoms with Gasteiger partial charge in [-0.1, -0.05) is 12.1 Å². The lowest BCUT2D eigenvalue weighted by Crippen LogP contribution is -2.51. The van der Waals surface area contributed by atoms with Crippen molar-refractivity contribution in [1.82, 2.24) is 15.1 Å². The molecule has 2 unspecified atom stereocenters. The second-order valence-corrected chi connectivity index (χ2v) is 8.41. The van der Waals surface area contributed by atoms with Crippen LogP contribution < -0.4 is 5.32 Å². The minimum absolute atomic E-state index is 0.0299. The predicted octanol–water partition coefficient (Wildman–Crippen LogP) is 2.10. The molecule has 7 heteroatoms. The molecule has 1 aromatic rings. The molecular weight excluding hydrogens is 373 g/mol. The van der Waals surface area contributed by atoms with Gasteiger partial charge in [-0.15, -0.1) is 0 Å². The van der Waals surface area contributed by atoms with Crippen LogP contribution in [0.4, 0.5) is 4.39 Å². The van der Waals surface area contributed by atoms with E-state index in [4.69, 9.17) is 4.74 Å². The van der Waals surface area contributed by atoms with Crippen LogP contribution in [0.2, 0.25) is 0 Å². The average molecular weight is 406 g/mol. The summed E-state index contributed by atoms with van der Waals surface area (Å²) in [6.45, 7) is 9.13. The zero-order valence-corrected chi connectivity index (χ0v) is 17.6. The van der Waals surface area contributed by atoms with Gasteiger partial charge in [-0.05, 0) is 63.9 Å². The summed E-state index contributed by atoms with van der Waals surface area (Å²) in [6, 6.07) is 5.00. The van der Waals surface area contributed by atoms with Crippen LogP contribution in [-0.4, -0.2) is 66.5 Å². The molecular formula is C22H32FN3O3. The molecule has 2 heterocycles. The van der Waals surface area contributed by atoms with Gasteiger partial charge in [0.15, 0.2) is 0 Å². The fraction of sp³-hybridized carbons (Fsp3) is 0.636. The number of benzene rings is 1. The predicted molar refractivity (Wildman–Crippen MR) is 109 cm³/mol. The molecule has 2 saturated heterocycles. The van der Waals surface area contributed by atoms with E-state index in [9.17, 15) is 14.0 Å². The third kappa shape index (κ3) is 6.00. The van der Waals surface area contributed by atoms with Crippen LogP contribution in [0, 0.1) is 18.7 Å². The number of halogens is 1. The molecule has 2 aliphatic rings. The number of nitrogens with zero attached hydrogens (tertiary/aromatic N) is 2. The van der Waals surface area contributed by atoms with Crippen LogP contribution in [0.25, 0.3) is 0 Å². The molecule has 0 aliphatic carbocycles. The van der Waals surface area contributed by atoms with E-state index < -0.39 is 0 Å². The molecule has 3 rings (SSSR count). The maximum absolute atomic E-state index is 13.6. The number of hydrogen-bond acceptors (Lipinski definition) is 4. The number of morpholine rings is 1. The van der Waals surface area contributed by atoms with Crippen molar-refractivity contribution in [3.05, 3.63) is 35.1 Å². The first-order valence-electron chi connectivity index (χ1n) is 10.5. The highest BCUT2D eigenvalue weighted by Crippen LogP contribution is 2.22. The number of rotatable bonds is 5. The molecule has 160 valence electrons. The Hall–Kier alpha value is -1.99. The Morgan fingerprint density at radius 2 is 1.83 bits per heavy atom. The van der Waals surface area contributed by atoms with Crippen molar-refractivity contribution in [2.24, 2.45) is 5.92 Å². The maximum Gasteiger partial charge on any atom is 0.234 e. The highest BCUT2D eigenvalue weighted by molar-refractivity contribution is 5.79. The van der Waals surface area contributed by atoms with E-state index in [1.165, 1.54) is 6.07 Å². The van der Waals surface area contributed by atoms with E-state index in [0.717, 1.165) is 31.5 Å². The maximum atomic E-state index is 13.6. The van der Waals surface area contributed by atoms with E-state index in [2.05, 4.69) is 10.2 Å². The van der Waals surface area contributed by atoms with E-state index in [1.807, 2.05) is 24.8 Å². The van der Waals surface area contributed by atoms with Crippen LogP contribution in [0.5, 0.6) is 0 Å². The molecule has 0 spiro atoms. The lowest BCUT2D eigenvalue weighted by atomic mass is 9.94. The second kappa shape index (κ2) is 9.67. The third-order valence-corrected chi connectivity index (χ3v) is 5.76. The van der Waals surface area contributed by atoms with Crippen LogP contribution in [0.15, 0.2) is 18.2 Å². The first kappa shape index (κ1) is 21.7. The van der Waals surface area contributed by atoms with Crippen LogP contribution in [0.1, 0.15) is 37.8 Å². The number of aryl methyl sites for hydroxylation is 1. The summed E-state index contributed by atoms with van der Waals surface area (Å²) in [6.07, 6.45) is 1.70. The van der Waals surface area contributed by atoms with Gasteiger partial charge >= 0.3 is 0 Å². The Balaban J connectivity index is 1.40. The Morgan fingerprint density at radius 3 is 2.45 bits per heavy atom. The number of hydrogen-bond donors (Lipinski definition) is 1. The topological polar surface area (TPSA) is 61.9 Å². The standard InChI is InChI=1S/C22H32FN3O3/c1-15-4-5-18(10-20(15)23)11-24-21(27)14-25-8-6-19(7-9-25)22(28)26-12-16(2)29-17(3)13-26/h4-5,10,16-17,19H,6-9,11-14H2,1-3H3,(H,24,27). The van der Waals surface area contributed by atoms with Crippen molar-refractivity contribution in [3.8, 4) is 0 Å². The van der Waals surface area contributed by atoms with Crippen molar-refractivity contribution in [3.63, 3.8) is 0 Å². The van der Waals surface area contributed by atoms with Crippen molar-refractivity contribution in [2.75, 3.05) is 32.7 Å². The van der Waals surface area contributed by atoms with Gasteiger partial charge in [0.1, 0.15) is 5.82 Å². The number of piperidine rings is 1. The lowest BCUT2D eigenvalue weighted by molar-refractivity contribution is -0.148. The number of amides is 2. The lowest BCUT2D eigenvalue weighted by Gasteiger charge is -2.39. The highest BCUT2D eigenvalue weighted by Gasteiger charge is 2.32. The van der Waals surface area contributed by atoms with Gasteiger partial charge in [0.25, 0.3) is 0 Å². The first-order chi connectivity index (χ1) is 13.8. The summed E-state index contributed by atoms with van der Waals surface area (Å²) in [5.41, 5.74) is 1.35. The second-order valence-electron chi connectivity index (χ2n) is 8.41. The minimum Gasteiger partial charge on any atom is -0.372 e. The van der Waals surface area contributed by atoms with E-state index in [-0.39, 0.29) is 35.8 Å². The molecule has 2 atom stereocenters. The number of likely N-dealkylation sites (tertiary alicyclic amines) is 1. The molecule has 0 radical (unpaired) electrons. The molecule has 2 amide bonds. The third-order valence-electron chi connectivity index (χ3n) is 5.76. The van der Waals surface area contributed by atoms with Crippen LogP contribution >= 0.6 is 0 Å². The molecule has 2 fully saturated rings. The van der Waals surface area contributed by atoms with Gasteiger partial charge < -0.3 is 15.0 Å². The van der Waals surface area contributed by atoms with E-state index >= 15 is 0 Å². The monoisotopic (exact) mass is 405 g/mol. The summed E-state index contributed by atoms with van der Waals surface area (Å²) >= 11 is 0. The minimum atomic E-state index is -0.257. The molecule has 1 aromatic carbocycles.